The molecule has 17 heavy (non-hydrogen) atoms. The highest BCUT2D eigenvalue weighted by molar-refractivity contribution is 6.29. The molecule has 0 aliphatic heterocycles. The minimum Gasteiger partial charge on any atom is -0.445 e. The van der Waals surface area contributed by atoms with Crippen molar-refractivity contribution in [3.63, 3.8) is 0 Å². The Bertz CT molecular complexity index is 628. The van der Waals surface area contributed by atoms with Crippen molar-refractivity contribution in [2.45, 2.75) is 0 Å². The molecule has 0 saturated heterocycles. The summed E-state index contributed by atoms with van der Waals surface area (Å²) in [7, 11) is 0. The van der Waals surface area contributed by atoms with Crippen LogP contribution in [0.3, 0.4) is 0 Å². The average molecular weight is 246 g/mol. The van der Waals surface area contributed by atoms with Crippen molar-refractivity contribution < 1.29 is 8.94 Å². The molecule has 3 aromatic rings. The van der Waals surface area contributed by atoms with Gasteiger partial charge in [-0.05, 0) is 23.7 Å². The van der Waals surface area contributed by atoms with Gasteiger partial charge in [0, 0.05) is 5.56 Å². The molecule has 1 aromatic carbocycles. The van der Waals surface area contributed by atoms with E-state index in [1.54, 1.807) is 18.4 Å². The minimum atomic E-state index is 0.347. The van der Waals surface area contributed by atoms with Crippen LogP contribution in [0, 0.1) is 0 Å². The zero-order valence-electron chi connectivity index (χ0n) is 8.76. The van der Waals surface area contributed by atoms with E-state index in [0.717, 1.165) is 16.8 Å². The Hall–Kier alpha value is -2.00. The van der Waals surface area contributed by atoms with E-state index in [-0.39, 0.29) is 0 Å². The van der Waals surface area contributed by atoms with Crippen LogP contribution in [0.15, 0.2) is 57.7 Å². The van der Waals surface area contributed by atoms with Crippen LogP contribution in [0.1, 0.15) is 0 Å². The predicted molar refractivity (Wildman–Crippen MR) is 64.7 cm³/mol. The van der Waals surface area contributed by atoms with Crippen molar-refractivity contribution in [3.8, 4) is 22.6 Å². The standard InChI is InChI=1S/C13H8ClNO2/c14-12-7-6-11(17-12)10-8-16-15-13(10)9-4-2-1-3-5-9/h1-8H. The Morgan fingerprint density at radius 1 is 1.00 bits per heavy atom. The maximum absolute atomic E-state index is 5.76. The SMILES string of the molecule is Clc1ccc(-c2conc2-c2ccccc2)o1. The summed E-state index contributed by atoms with van der Waals surface area (Å²) in [5.41, 5.74) is 2.52. The molecule has 0 bridgehead atoms. The summed E-state index contributed by atoms with van der Waals surface area (Å²) in [4.78, 5) is 0. The maximum atomic E-state index is 5.76. The highest BCUT2D eigenvalue weighted by atomic mass is 35.5. The first kappa shape index (κ1) is 10.2. The summed E-state index contributed by atoms with van der Waals surface area (Å²) < 4.78 is 10.4. The number of furan rings is 1. The first-order valence-electron chi connectivity index (χ1n) is 5.10. The largest absolute Gasteiger partial charge is 0.445 e. The van der Waals surface area contributed by atoms with Crippen molar-refractivity contribution in [3.05, 3.63) is 53.9 Å². The highest BCUT2D eigenvalue weighted by Crippen LogP contribution is 2.32. The number of benzene rings is 1. The molecule has 0 spiro atoms. The third-order valence-electron chi connectivity index (χ3n) is 2.46. The summed E-state index contributed by atoms with van der Waals surface area (Å²) in [6, 6.07) is 13.3. The van der Waals surface area contributed by atoms with Gasteiger partial charge in [0.2, 0.25) is 0 Å². The van der Waals surface area contributed by atoms with E-state index in [1.165, 1.54) is 0 Å². The number of rotatable bonds is 2. The van der Waals surface area contributed by atoms with Gasteiger partial charge in [-0.1, -0.05) is 35.5 Å². The Morgan fingerprint density at radius 3 is 2.53 bits per heavy atom. The van der Waals surface area contributed by atoms with Gasteiger partial charge in [0.25, 0.3) is 0 Å². The van der Waals surface area contributed by atoms with Crippen LogP contribution in [0.4, 0.5) is 0 Å². The summed E-state index contributed by atoms with van der Waals surface area (Å²) in [6.45, 7) is 0. The van der Waals surface area contributed by atoms with E-state index < -0.39 is 0 Å². The van der Waals surface area contributed by atoms with Crippen LogP contribution < -0.4 is 0 Å². The Morgan fingerprint density at radius 2 is 1.82 bits per heavy atom. The van der Waals surface area contributed by atoms with E-state index >= 15 is 0 Å². The van der Waals surface area contributed by atoms with Crippen molar-refractivity contribution in [2.75, 3.05) is 0 Å². The fraction of sp³-hybridized carbons (Fsp3) is 0. The zero-order valence-corrected chi connectivity index (χ0v) is 9.52. The molecular formula is C13H8ClNO2. The van der Waals surface area contributed by atoms with Crippen molar-refractivity contribution >= 4 is 11.6 Å². The first-order chi connectivity index (χ1) is 8.34. The van der Waals surface area contributed by atoms with E-state index in [4.69, 9.17) is 20.5 Å². The van der Waals surface area contributed by atoms with E-state index in [0.29, 0.717) is 11.0 Å². The minimum absolute atomic E-state index is 0.347. The topological polar surface area (TPSA) is 39.2 Å². The maximum Gasteiger partial charge on any atom is 0.193 e. The van der Waals surface area contributed by atoms with Crippen LogP contribution in [-0.4, -0.2) is 5.16 Å². The molecule has 84 valence electrons. The van der Waals surface area contributed by atoms with Gasteiger partial charge in [0.15, 0.2) is 5.22 Å². The number of aromatic nitrogens is 1. The van der Waals surface area contributed by atoms with Crippen LogP contribution in [0.25, 0.3) is 22.6 Å². The number of halogens is 1. The number of hydrogen-bond acceptors (Lipinski definition) is 3. The second-order valence-electron chi connectivity index (χ2n) is 3.55. The smallest absolute Gasteiger partial charge is 0.193 e. The summed E-state index contributed by atoms with van der Waals surface area (Å²) in [6.07, 6.45) is 1.55. The fourth-order valence-corrected chi connectivity index (χ4v) is 1.82. The lowest BCUT2D eigenvalue weighted by Crippen LogP contribution is -1.79. The number of hydrogen-bond donors (Lipinski definition) is 0. The third kappa shape index (κ3) is 1.85. The van der Waals surface area contributed by atoms with Crippen LogP contribution in [-0.2, 0) is 0 Å². The van der Waals surface area contributed by atoms with Gasteiger partial charge in [-0.25, -0.2) is 0 Å². The summed E-state index contributed by atoms with van der Waals surface area (Å²) >= 11 is 5.76. The van der Waals surface area contributed by atoms with Crippen molar-refractivity contribution in [1.82, 2.24) is 5.16 Å². The Balaban J connectivity index is 2.12. The molecule has 2 heterocycles. The molecule has 0 saturated carbocycles. The highest BCUT2D eigenvalue weighted by Gasteiger charge is 2.14. The monoisotopic (exact) mass is 245 g/mol. The average Bonchev–Trinajstić information content (AvgIpc) is 2.98. The van der Waals surface area contributed by atoms with E-state index in [1.807, 2.05) is 30.3 Å². The molecule has 3 nitrogen and oxygen atoms in total. The van der Waals surface area contributed by atoms with Gasteiger partial charge >= 0.3 is 0 Å². The van der Waals surface area contributed by atoms with Gasteiger partial charge in [0.05, 0.1) is 5.56 Å². The van der Waals surface area contributed by atoms with Gasteiger partial charge in [-0.15, -0.1) is 0 Å². The van der Waals surface area contributed by atoms with Gasteiger partial charge in [-0.3, -0.25) is 0 Å². The second kappa shape index (κ2) is 4.11. The normalized spacial score (nSPS) is 10.6. The Labute approximate surface area is 103 Å². The fourth-order valence-electron chi connectivity index (χ4n) is 1.67. The zero-order chi connectivity index (χ0) is 11.7. The van der Waals surface area contributed by atoms with Gasteiger partial charge in [-0.2, -0.15) is 0 Å². The molecule has 0 aliphatic carbocycles. The predicted octanol–water partition coefficient (Wildman–Crippen LogP) is 4.26. The second-order valence-corrected chi connectivity index (χ2v) is 3.92. The van der Waals surface area contributed by atoms with Crippen molar-refractivity contribution in [1.29, 1.82) is 0 Å². The van der Waals surface area contributed by atoms with E-state index in [9.17, 15) is 0 Å². The van der Waals surface area contributed by atoms with Gasteiger partial charge < -0.3 is 8.94 Å². The lowest BCUT2D eigenvalue weighted by atomic mass is 10.1. The van der Waals surface area contributed by atoms with Crippen LogP contribution in [0.2, 0.25) is 5.22 Å². The molecule has 0 amide bonds. The van der Waals surface area contributed by atoms with Gasteiger partial charge in [0.1, 0.15) is 17.7 Å². The molecule has 0 fully saturated rings. The lowest BCUT2D eigenvalue weighted by Gasteiger charge is -1.97. The van der Waals surface area contributed by atoms with E-state index in [2.05, 4.69) is 5.16 Å². The molecule has 4 heteroatoms. The summed E-state index contributed by atoms with van der Waals surface area (Å²) in [5, 5.41) is 4.34. The first-order valence-corrected chi connectivity index (χ1v) is 5.48. The molecule has 0 unspecified atom stereocenters. The number of nitrogens with zero attached hydrogens (tertiary/aromatic N) is 1. The molecule has 0 radical (unpaired) electrons. The molecule has 0 atom stereocenters. The quantitative estimate of drug-likeness (QED) is 0.677. The van der Waals surface area contributed by atoms with Crippen LogP contribution in [0.5, 0.6) is 0 Å². The summed E-state index contributed by atoms with van der Waals surface area (Å²) in [5.74, 6) is 0.648. The molecule has 3 rings (SSSR count). The van der Waals surface area contributed by atoms with Crippen molar-refractivity contribution in [2.24, 2.45) is 0 Å². The Kier molecular flexibility index (Phi) is 2.46. The molecule has 2 aromatic heterocycles. The lowest BCUT2D eigenvalue weighted by molar-refractivity contribution is 0.422. The molecular weight excluding hydrogens is 238 g/mol. The molecule has 0 aliphatic rings. The molecule has 0 N–H and O–H groups in total. The van der Waals surface area contributed by atoms with Crippen LogP contribution >= 0.6 is 11.6 Å². The third-order valence-corrected chi connectivity index (χ3v) is 2.66.